The van der Waals surface area contributed by atoms with Crippen molar-refractivity contribution >= 4 is 62.3 Å². The van der Waals surface area contributed by atoms with Crippen LogP contribution < -0.4 is 9.62 Å². The number of anilines is 1. The molecular weight excluding hydrogens is 624 g/mol. The first-order valence-corrected chi connectivity index (χ1v) is 16.1. The predicted octanol–water partition coefficient (Wildman–Crippen LogP) is 6.85. The van der Waals surface area contributed by atoms with Crippen molar-refractivity contribution in [3.63, 3.8) is 0 Å². The maximum atomic E-state index is 14.0. The van der Waals surface area contributed by atoms with Gasteiger partial charge in [0.05, 0.1) is 25.7 Å². The van der Waals surface area contributed by atoms with Gasteiger partial charge in [-0.1, -0.05) is 78.3 Å². The van der Waals surface area contributed by atoms with E-state index in [2.05, 4.69) is 5.32 Å². The third kappa shape index (κ3) is 7.75. The first-order chi connectivity index (χ1) is 20.0. The largest absolute Gasteiger partial charge is 0.352 e. The molecule has 1 aliphatic carbocycles. The van der Waals surface area contributed by atoms with E-state index in [1.807, 2.05) is 0 Å². The maximum Gasteiger partial charge on any atom is 0.264 e. The van der Waals surface area contributed by atoms with Crippen LogP contribution in [-0.2, 0) is 26.2 Å². The lowest BCUT2D eigenvalue weighted by molar-refractivity contribution is -0.139. The Kier molecular flexibility index (Phi) is 10.8. The number of nitrogens with zero attached hydrogens (tertiary/aromatic N) is 2. The van der Waals surface area contributed by atoms with Crippen LogP contribution in [0.25, 0.3) is 0 Å². The number of hydrogen-bond acceptors (Lipinski definition) is 4. The Bertz CT molecular complexity index is 1540. The second kappa shape index (κ2) is 14.1. The molecule has 1 aliphatic rings. The van der Waals surface area contributed by atoms with Gasteiger partial charge < -0.3 is 10.2 Å². The maximum absolute atomic E-state index is 14.0. The van der Waals surface area contributed by atoms with Gasteiger partial charge in [-0.3, -0.25) is 13.9 Å². The standard InChI is InChI=1S/C30H31Cl3FN3O4S/c1-20(30(39)35-22-8-4-2-5-9-22)36(18-21-12-14-25(31)26(32)16-21)29(38)19-37(23-13-15-28(34)27(33)17-23)42(40,41)24-10-6-3-7-11-24/h3,6-7,10-17,20,22H,2,4-5,8-9,18-19H2,1H3,(H,35,39). The van der Waals surface area contributed by atoms with Crippen LogP contribution in [0.5, 0.6) is 0 Å². The van der Waals surface area contributed by atoms with Crippen LogP contribution in [-0.4, -0.2) is 43.8 Å². The molecule has 0 spiro atoms. The van der Waals surface area contributed by atoms with Crippen LogP contribution in [0.2, 0.25) is 15.1 Å². The van der Waals surface area contributed by atoms with Gasteiger partial charge in [0.2, 0.25) is 11.8 Å². The van der Waals surface area contributed by atoms with E-state index in [9.17, 15) is 22.4 Å². The van der Waals surface area contributed by atoms with Crippen LogP contribution in [0.15, 0.2) is 71.6 Å². The molecule has 0 radical (unpaired) electrons. The van der Waals surface area contributed by atoms with Crippen molar-refractivity contribution in [2.24, 2.45) is 0 Å². The van der Waals surface area contributed by atoms with Gasteiger partial charge in [0.25, 0.3) is 10.0 Å². The molecule has 0 aliphatic heterocycles. The predicted molar refractivity (Wildman–Crippen MR) is 164 cm³/mol. The summed E-state index contributed by atoms with van der Waals surface area (Å²) in [6, 6.07) is 14.9. The van der Waals surface area contributed by atoms with Crippen LogP contribution in [0.3, 0.4) is 0 Å². The molecule has 7 nitrogen and oxygen atoms in total. The van der Waals surface area contributed by atoms with Crippen molar-refractivity contribution in [2.75, 3.05) is 10.8 Å². The molecule has 0 saturated heterocycles. The zero-order valence-electron chi connectivity index (χ0n) is 22.9. The normalized spacial score (nSPS) is 14.7. The molecule has 1 N–H and O–H groups in total. The van der Waals surface area contributed by atoms with E-state index in [1.54, 1.807) is 43.3 Å². The van der Waals surface area contributed by atoms with E-state index in [-0.39, 0.29) is 39.1 Å². The minimum Gasteiger partial charge on any atom is -0.352 e. The van der Waals surface area contributed by atoms with E-state index in [4.69, 9.17) is 34.8 Å². The summed E-state index contributed by atoms with van der Waals surface area (Å²) in [6.07, 6.45) is 4.85. The molecule has 3 aromatic rings. The van der Waals surface area contributed by atoms with Gasteiger partial charge in [0, 0.05) is 12.6 Å². The molecule has 0 heterocycles. The Morgan fingerprint density at radius 1 is 0.929 bits per heavy atom. The number of rotatable bonds is 10. The Labute approximate surface area is 260 Å². The fourth-order valence-electron chi connectivity index (χ4n) is 4.87. The lowest BCUT2D eigenvalue weighted by atomic mass is 9.95. The van der Waals surface area contributed by atoms with Gasteiger partial charge in [0.1, 0.15) is 18.4 Å². The third-order valence-electron chi connectivity index (χ3n) is 7.26. The Balaban J connectivity index is 1.70. The molecule has 42 heavy (non-hydrogen) atoms. The summed E-state index contributed by atoms with van der Waals surface area (Å²) >= 11 is 18.3. The number of benzene rings is 3. The molecular formula is C30H31Cl3FN3O4S. The zero-order valence-corrected chi connectivity index (χ0v) is 26.0. The molecule has 12 heteroatoms. The number of nitrogens with one attached hydrogen (secondary N) is 1. The number of carbonyl (C=O) groups excluding carboxylic acids is 2. The van der Waals surface area contributed by atoms with Gasteiger partial charge in [-0.05, 0) is 67.8 Å². The van der Waals surface area contributed by atoms with Gasteiger partial charge in [-0.25, -0.2) is 12.8 Å². The topological polar surface area (TPSA) is 86.8 Å². The highest BCUT2D eigenvalue weighted by molar-refractivity contribution is 7.92. The van der Waals surface area contributed by atoms with Gasteiger partial charge >= 0.3 is 0 Å². The van der Waals surface area contributed by atoms with E-state index in [0.29, 0.717) is 10.6 Å². The van der Waals surface area contributed by atoms with Crippen LogP contribution in [0.4, 0.5) is 10.1 Å². The lowest BCUT2D eigenvalue weighted by Gasteiger charge is -2.33. The average molecular weight is 655 g/mol. The lowest BCUT2D eigenvalue weighted by Crippen LogP contribution is -2.53. The van der Waals surface area contributed by atoms with Crippen LogP contribution >= 0.6 is 34.8 Å². The van der Waals surface area contributed by atoms with Crippen LogP contribution in [0, 0.1) is 5.82 Å². The second-order valence-electron chi connectivity index (χ2n) is 10.2. The first-order valence-electron chi connectivity index (χ1n) is 13.5. The summed E-state index contributed by atoms with van der Waals surface area (Å²) < 4.78 is 42.5. The van der Waals surface area contributed by atoms with Crippen LogP contribution in [0.1, 0.15) is 44.6 Å². The average Bonchev–Trinajstić information content (AvgIpc) is 2.98. The number of amides is 2. The Hall–Kier alpha value is -2.85. The van der Waals surface area contributed by atoms with Crippen molar-refractivity contribution in [1.82, 2.24) is 10.2 Å². The van der Waals surface area contributed by atoms with Gasteiger partial charge in [-0.15, -0.1) is 0 Å². The summed E-state index contributed by atoms with van der Waals surface area (Å²) in [4.78, 5) is 28.6. The molecule has 0 aromatic heterocycles. The van der Waals surface area contributed by atoms with Crippen molar-refractivity contribution in [1.29, 1.82) is 0 Å². The molecule has 1 unspecified atom stereocenters. The summed E-state index contributed by atoms with van der Waals surface area (Å²) in [5, 5.41) is 3.34. The van der Waals surface area contributed by atoms with Crippen molar-refractivity contribution in [2.45, 2.75) is 62.6 Å². The third-order valence-corrected chi connectivity index (χ3v) is 10.1. The fraction of sp³-hybridized carbons (Fsp3) is 0.333. The zero-order chi connectivity index (χ0) is 30.4. The minimum atomic E-state index is -4.30. The molecule has 1 atom stereocenters. The number of halogens is 4. The highest BCUT2D eigenvalue weighted by atomic mass is 35.5. The Morgan fingerprint density at radius 3 is 2.26 bits per heavy atom. The molecule has 3 aromatic carbocycles. The highest BCUT2D eigenvalue weighted by Crippen LogP contribution is 2.29. The number of sulfonamides is 1. The smallest absolute Gasteiger partial charge is 0.264 e. The van der Waals surface area contributed by atoms with Gasteiger partial charge in [-0.2, -0.15) is 0 Å². The highest BCUT2D eigenvalue weighted by Gasteiger charge is 2.33. The van der Waals surface area contributed by atoms with E-state index in [1.165, 1.54) is 23.1 Å². The van der Waals surface area contributed by atoms with E-state index >= 15 is 0 Å². The summed E-state index contributed by atoms with van der Waals surface area (Å²) in [6.45, 7) is 0.873. The van der Waals surface area contributed by atoms with Crippen molar-refractivity contribution in [3.05, 3.63) is 93.2 Å². The Morgan fingerprint density at radius 2 is 1.62 bits per heavy atom. The molecule has 1 saturated carbocycles. The van der Waals surface area contributed by atoms with Crippen molar-refractivity contribution < 1.29 is 22.4 Å². The fourth-order valence-corrected chi connectivity index (χ4v) is 6.80. The van der Waals surface area contributed by atoms with E-state index in [0.717, 1.165) is 48.5 Å². The van der Waals surface area contributed by atoms with Gasteiger partial charge in [0.15, 0.2) is 0 Å². The molecule has 4 rings (SSSR count). The number of carbonyl (C=O) groups is 2. The molecule has 2 amide bonds. The molecule has 0 bridgehead atoms. The monoisotopic (exact) mass is 653 g/mol. The second-order valence-corrected chi connectivity index (χ2v) is 13.3. The number of hydrogen-bond donors (Lipinski definition) is 1. The summed E-state index contributed by atoms with van der Waals surface area (Å²) in [5.74, 6) is -1.75. The SMILES string of the molecule is CC(C(=O)NC1CCCCC1)N(Cc1ccc(Cl)c(Cl)c1)C(=O)CN(c1ccc(F)c(Cl)c1)S(=O)(=O)c1ccccc1. The van der Waals surface area contributed by atoms with Crippen molar-refractivity contribution in [3.8, 4) is 0 Å². The quantitative estimate of drug-likeness (QED) is 0.259. The molecule has 224 valence electrons. The summed E-state index contributed by atoms with van der Waals surface area (Å²) in [7, 11) is -4.30. The minimum absolute atomic E-state index is 0.00643. The first kappa shape index (κ1) is 32.1. The molecule has 1 fully saturated rings. The summed E-state index contributed by atoms with van der Waals surface area (Å²) in [5.41, 5.74) is 0.588. The van der Waals surface area contributed by atoms with E-state index < -0.39 is 34.3 Å².